The van der Waals surface area contributed by atoms with Gasteiger partial charge in [-0.15, -0.1) is 0 Å². The van der Waals surface area contributed by atoms with Gasteiger partial charge in [-0.05, 0) is 31.0 Å². The summed E-state index contributed by atoms with van der Waals surface area (Å²) in [6, 6.07) is 4.62. The molecule has 9 heteroatoms. The molecule has 2 amide bonds. The maximum Gasteiger partial charge on any atom is 0.315 e. The van der Waals surface area contributed by atoms with Crippen LogP contribution in [-0.2, 0) is 0 Å². The monoisotopic (exact) mass is 410 g/mol. The molecule has 3 rings (SSSR count). The smallest absolute Gasteiger partial charge is 0.315 e. The molecule has 1 aliphatic carbocycles. The summed E-state index contributed by atoms with van der Waals surface area (Å²) >= 11 is 11.7. The minimum atomic E-state index is -0.451. The Kier molecular flexibility index (Phi) is 6.68. The molecule has 0 atom stereocenters. The van der Waals surface area contributed by atoms with Crippen LogP contribution in [-0.4, -0.2) is 35.0 Å². The average molecular weight is 411 g/mol. The normalized spacial score (nSPS) is 14.7. The van der Waals surface area contributed by atoms with E-state index >= 15 is 0 Å². The third-order valence-electron chi connectivity index (χ3n) is 4.48. The van der Waals surface area contributed by atoms with Crippen LogP contribution in [0, 0.1) is 0 Å². The summed E-state index contributed by atoms with van der Waals surface area (Å²) in [4.78, 5) is 28.3. The highest BCUT2D eigenvalue weighted by Gasteiger charge is 2.23. The van der Waals surface area contributed by atoms with Gasteiger partial charge in [0.2, 0.25) is 0 Å². The lowest BCUT2D eigenvalue weighted by Gasteiger charge is -2.17. The zero-order valence-corrected chi connectivity index (χ0v) is 16.1. The van der Waals surface area contributed by atoms with Crippen molar-refractivity contribution in [2.24, 2.45) is 0 Å². The quantitative estimate of drug-likeness (QED) is 0.709. The molecule has 1 heterocycles. The summed E-state index contributed by atoms with van der Waals surface area (Å²) < 4.78 is 5.06. The Bertz CT molecular complexity index is 819. The molecule has 2 aromatic rings. The highest BCUT2D eigenvalue weighted by Crippen LogP contribution is 2.30. The topological polar surface area (TPSA) is 97.1 Å². The van der Waals surface area contributed by atoms with E-state index in [1.807, 2.05) is 0 Å². The molecule has 27 heavy (non-hydrogen) atoms. The van der Waals surface area contributed by atoms with E-state index in [4.69, 9.17) is 27.7 Å². The van der Waals surface area contributed by atoms with Crippen molar-refractivity contribution in [3.05, 3.63) is 45.5 Å². The summed E-state index contributed by atoms with van der Waals surface area (Å²) in [6.07, 6.45) is 5.59. The van der Waals surface area contributed by atoms with Gasteiger partial charge in [0, 0.05) is 24.6 Å². The van der Waals surface area contributed by atoms with E-state index in [9.17, 15) is 9.59 Å². The lowest BCUT2D eigenvalue weighted by atomic mass is 9.89. The number of nitrogens with one attached hydrogen (secondary N) is 2. The Morgan fingerprint density at radius 2 is 1.74 bits per heavy atom. The molecule has 0 aliphatic heterocycles. The predicted molar refractivity (Wildman–Crippen MR) is 101 cm³/mol. The minimum absolute atomic E-state index is 0.0496. The van der Waals surface area contributed by atoms with Crippen LogP contribution in [0.1, 0.15) is 64.9 Å². The number of carbonyl (C=O) groups is 2. The van der Waals surface area contributed by atoms with E-state index in [2.05, 4.69) is 20.8 Å². The fourth-order valence-corrected chi connectivity index (χ4v) is 3.32. The summed E-state index contributed by atoms with van der Waals surface area (Å²) in [5.41, 5.74) is 0.393. The maximum absolute atomic E-state index is 12.1. The Morgan fingerprint density at radius 3 is 2.44 bits per heavy atom. The van der Waals surface area contributed by atoms with Gasteiger partial charge < -0.3 is 15.2 Å². The molecule has 1 aromatic heterocycles. The first kappa shape index (κ1) is 19.6. The molecular weight excluding hydrogens is 391 g/mol. The first-order valence-corrected chi connectivity index (χ1v) is 9.65. The summed E-state index contributed by atoms with van der Waals surface area (Å²) in [7, 11) is 0. The predicted octanol–water partition coefficient (Wildman–Crippen LogP) is 3.58. The number of rotatable bonds is 6. The van der Waals surface area contributed by atoms with Crippen LogP contribution < -0.4 is 10.6 Å². The number of nitrogens with zero attached hydrogens (tertiary/aromatic N) is 2. The van der Waals surface area contributed by atoms with Crippen molar-refractivity contribution in [1.29, 1.82) is 0 Å². The van der Waals surface area contributed by atoms with Gasteiger partial charge in [0.05, 0.1) is 10.0 Å². The number of benzene rings is 1. The van der Waals surface area contributed by atoms with Crippen LogP contribution in [0.15, 0.2) is 22.7 Å². The van der Waals surface area contributed by atoms with E-state index in [0.29, 0.717) is 21.4 Å². The molecule has 0 spiro atoms. The van der Waals surface area contributed by atoms with Gasteiger partial charge in [-0.3, -0.25) is 9.59 Å². The van der Waals surface area contributed by atoms with Crippen molar-refractivity contribution >= 4 is 35.0 Å². The van der Waals surface area contributed by atoms with Gasteiger partial charge >= 0.3 is 11.8 Å². The molecule has 144 valence electrons. The molecule has 1 fully saturated rings. The Morgan fingerprint density at radius 1 is 1.04 bits per heavy atom. The van der Waals surface area contributed by atoms with Gasteiger partial charge in [0.25, 0.3) is 5.91 Å². The molecule has 2 N–H and O–H groups in total. The van der Waals surface area contributed by atoms with Crippen LogP contribution in [0.3, 0.4) is 0 Å². The van der Waals surface area contributed by atoms with Crippen molar-refractivity contribution in [3.63, 3.8) is 0 Å². The summed E-state index contributed by atoms with van der Waals surface area (Å²) in [6.45, 7) is 0.474. The van der Waals surface area contributed by atoms with E-state index in [-0.39, 0.29) is 30.8 Å². The third kappa shape index (κ3) is 5.20. The van der Waals surface area contributed by atoms with Crippen molar-refractivity contribution in [2.45, 2.75) is 38.0 Å². The van der Waals surface area contributed by atoms with Crippen molar-refractivity contribution < 1.29 is 14.1 Å². The average Bonchev–Trinajstić information content (AvgIpc) is 3.18. The second-order valence-corrected chi connectivity index (χ2v) is 7.25. The zero-order valence-electron chi connectivity index (χ0n) is 14.6. The fraction of sp³-hybridized carbons (Fsp3) is 0.444. The Balaban J connectivity index is 1.43. The molecule has 0 unspecified atom stereocenters. The highest BCUT2D eigenvalue weighted by molar-refractivity contribution is 6.42. The molecule has 0 radical (unpaired) electrons. The molecule has 1 aromatic carbocycles. The van der Waals surface area contributed by atoms with E-state index in [1.165, 1.54) is 12.5 Å². The van der Waals surface area contributed by atoms with Gasteiger partial charge in [-0.1, -0.05) is 47.6 Å². The standard InChI is InChI=1S/C18H20Cl2N4O3/c19-13-7-6-12(10-14(13)20)16(25)21-8-9-22-17(26)18-23-15(24-27-18)11-4-2-1-3-5-11/h6-7,10-11H,1-5,8-9H2,(H,21,25)(H,22,26). The van der Waals surface area contributed by atoms with Crippen LogP contribution >= 0.6 is 23.2 Å². The third-order valence-corrected chi connectivity index (χ3v) is 5.22. The van der Waals surface area contributed by atoms with Gasteiger partial charge in [-0.2, -0.15) is 4.98 Å². The van der Waals surface area contributed by atoms with Crippen LogP contribution in [0.25, 0.3) is 0 Å². The number of hydrogen-bond donors (Lipinski definition) is 2. The Hall–Kier alpha value is -2.12. The van der Waals surface area contributed by atoms with Gasteiger partial charge in [-0.25, -0.2) is 0 Å². The second-order valence-electron chi connectivity index (χ2n) is 6.43. The number of aromatic nitrogens is 2. The lowest BCUT2D eigenvalue weighted by Crippen LogP contribution is -2.34. The molecular formula is C18H20Cl2N4O3. The number of hydrogen-bond acceptors (Lipinski definition) is 5. The first-order valence-electron chi connectivity index (χ1n) is 8.89. The van der Waals surface area contributed by atoms with Crippen molar-refractivity contribution in [1.82, 2.24) is 20.8 Å². The van der Waals surface area contributed by atoms with E-state index < -0.39 is 5.91 Å². The molecule has 7 nitrogen and oxygen atoms in total. The highest BCUT2D eigenvalue weighted by atomic mass is 35.5. The zero-order chi connectivity index (χ0) is 19.2. The summed E-state index contributed by atoms with van der Waals surface area (Å²) in [5, 5.41) is 9.96. The van der Waals surface area contributed by atoms with Crippen LogP contribution in [0.4, 0.5) is 0 Å². The SMILES string of the molecule is O=C(NCCNC(=O)c1nc(C2CCCCC2)no1)c1ccc(Cl)c(Cl)c1. The molecule has 1 saturated carbocycles. The van der Waals surface area contributed by atoms with Crippen molar-refractivity contribution in [2.75, 3.05) is 13.1 Å². The molecule has 1 aliphatic rings. The van der Waals surface area contributed by atoms with E-state index in [1.54, 1.807) is 12.1 Å². The van der Waals surface area contributed by atoms with Gasteiger partial charge in [0.15, 0.2) is 5.82 Å². The molecule has 0 saturated heterocycles. The number of halogens is 2. The second kappa shape index (κ2) is 9.19. The van der Waals surface area contributed by atoms with Crippen LogP contribution in [0.5, 0.6) is 0 Å². The number of carbonyl (C=O) groups excluding carboxylic acids is 2. The largest absolute Gasteiger partial charge is 0.350 e. The van der Waals surface area contributed by atoms with E-state index in [0.717, 1.165) is 25.7 Å². The van der Waals surface area contributed by atoms with Crippen molar-refractivity contribution in [3.8, 4) is 0 Å². The fourth-order valence-electron chi connectivity index (χ4n) is 3.02. The van der Waals surface area contributed by atoms with Gasteiger partial charge in [0.1, 0.15) is 0 Å². The minimum Gasteiger partial charge on any atom is -0.350 e. The first-order chi connectivity index (χ1) is 13.0. The summed E-state index contributed by atoms with van der Waals surface area (Å²) in [5.74, 6) is 0.0715. The van der Waals surface area contributed by atoms with Crippen LogP contribution in [0.2, 0.25) is 10.0 Å². The maximum atomic E-state index is 12.1. The number of amides is 2. The lowest BCUT2D eigenvalue weighted by molar-refractivity contribution is 0.0898. The Labute approximate surface area is 166 Å². The molecule has 0 bridgehead atoms.